The molecule has 1 aliphatic heterocycles. The first-order chi connectivity index (χ1) is 15.1. The number of likely N-dealkylation sites (N-methyl/N-ethyl adjacent to an activating group) is 1. The molecule has 1 atom stereocenters. The largest absolute Gasteiger partial charge is 0.489 e. The summed E-state index contributed by atoms with van der Waals surface area (Å²) < 4.78 is 7.44. The number of fused-ring (bicyclic) bond motifs is 2. The molecule has 2 aromatic carbocycles. The number of anilines is 1. The zero-order chi connectivity index (χ0) is 21.4. The summed E-state index contributed by atoms with van der Waals surface area (Å²) in [5.41, 5.74) is 2.75. The molecule has 0 fully saturated rings. The number of ether oxygens (including phenoxy) is 1. The molecule has 2 amide bonds. The van der Waals surface area contributed by atoms with E-state index in [2.05, 4.69) is 20.6 Å². The van der Waals surface area contributed by atoms with Gasteiger partial charge in [-0.25, -0.2) is 4.68 Å². The maximum Gasteiger partial charge on any atom is 0.274 e. The minimum Gasteiger partial charge on any atom is -0.489 e. The van der Waals surface area contributed by atoms with Crippen molar-refractivity contribution in [2.45, 2.75) is 12.6 Å². The number of carbonyl (C=O) groups excluding carboxylic acids is 2. The Labute approximate surface area is 177 Å². The minimum absolute atomic E-state index is 0.0201. The van der Waals surface area contributed by atoms with Crippen LogP contribution in [0.2, 0.25) is 0 Å². The summed E-state index contributed by atoms with van der Waals surface area (Å²) >= 11 is 0. The van der Waals surface area contributed by atoms with Crippen molar-refractivity contribution in [3.05, 3.63) is 72.2 Å². The summed E-state index contributed by atoms with van der Waals surface area (Å²) in [5, 5.41) is 11.7. The van der Waals surface area contributed by atoms with Crippen molar-refractivity contribution in [2.24, 2.45) is 0 Å². The second-order valence-corrected chi connectivity index (χ2v) is 7.41. The summed E-state index contributed by atoms with van der Waals surface area (Å²) in [7, 11) is 1.67. The fraction of sp³-hybridized carbons (Fsp3) is 0.182. The molecule has 5 rings (SSSR count). The molecular formula is C22H20N6O3. The standard InChI is InChI=1S/C22H20N6O3/c1-27-19-9-15-7-8-23-16(15)10-20(19)31-13-18(22(27)30)24-21(29)17-12-28(26-25-17)11-14-5-3-2-4-6-14/h2-10,12,18,23H,11,13H2,1H3,(H,24,29). The number of benzene rings is 2. The van der Waals surface area contributed by atoms with E-state index < -0.39 is 11.9 Å². The van der Waals surface area contributed by atoms with Crippen LogP contribution in [0.5, 0.6) is 5.75 Å². The first kappa shape index (κ1) is 18.9. The van der Waals surface area contributed by atoms with Crippen molar-refractivity contribution >= 4 is 28.4 Å². The molecule has 0 saturated heterocycles. The van der Waals surface area contributed by atoms with Crippen molar-refractivity contribution in [2.75, 3.05) is 18.6 Å². The monoisotopic (exact) mass is 416 g/mol. The summed E-state index contributed by atoms with van der Waals surface area (Å²) in [5.74, 6) is -0.164. The summed E-state index contributed by atoms with van der Waals surface area (Å²) in [6.07, 6.45) is 3.39. The third-order valence-corrected chi connectivity index (χ3v) is 5.29. The van der Waals surface area contributed by atoms with Crippen LogP contribution >= 0.6 is 0 Å². The van der Waals surface area contributed by atoms with Gasteiger partial charge in [0.25, 0.3) is 11.8 Å². The molecule has 4 aromatic rings. The van der Waals surface area contributed by atoms with Gasteiger partial charge in [0, 0.05) is 30.2 Å². The Morgan fingerprint density at radius 3 is 2.94 bits per heavy atom. The molecule has 2 aromatic heterocycles. The fourth-order valence-corrected chi connectivity index (χ4v) is 3.63. The number of hydrogen-bond donors (Lipinski definition) is 2. The fourth-order valence-electron chi connectivity index (χ4n) is 3.63. The molecule has 9 nitrogen and oxygen atoms in total. The molecule has 9 heteroatoms. The average molecular weight is 416 g/mol. The predicted octanol–water partition coefficient (Wildman–Crippen LogP) is 1.96. The van der Waals surface area contributed by atoms with Crippen LogP contribution in [0.25, 0.3) is 10.9 Å². The highest BCUT2D eigenvalue weighted by Gasteiger charge is 2.31. The SMILES string of the molecule is CN1C(=O)C(NC(=O)c2cn(Cc3ccccc3)nn2)COc2cc3[nH]ccc3cc21. The lowest BCUT2D eigenvalue weighted by atomic mass is 10.2. The van der Waals surface area contributed by atoms with Crippen molar-refractivity contribution in [1.29, 1.82) is 0 Å². The molecule has 1 unspecified atom stereocenters. The summed E-state index contributed by atoms with van der Waals surface area (Å²) in [6, 6.07) is 14.6. The third kappa shape index (κ3) is 3.61. The van der Waals surface area contributed by atoms with Gasteiger partial charge in [0.15, 0.2) is 5.69 Å². The third-order valence-electron chi connectivity index (χ3n) is 5.29. The average Bonchev–Trinajstić information content (AvgIpc) is 3.42. The number of hydrogen-bond acceptors (Lipinski definition) is 5. The highest BCUT2D eigenvalue weighted by atomic mass is 16.5. The number of H-pyrrole nitrogens is 1. The van der Waals surface area contributed by atoms with Crippen LogP contribution in [-0.4, -0.2) is 51.5 Å². The minimum atomic E-state index is -0.845. The predicted molar refractivity (Wildman–Crippen MR) is 114 cm³/mol. The first-order valence-corrected chi connectivity index (χ1v) is 9.85. The van der Waals surface area contributed by atoms with E-state index in [1.807, 2.05) is 54.7 Å². The van der Waals surface area contributed by atoms with Crippen LogP contribution in [0, 0.1) is 0 Å². The quantitative estimate of drug-likeness (QED) is 0.529. The molecule has 31 heavy (non-hydrogen) atoms. The topological polar surface area (TPSA) is 105 Å². The molecular weight excluding hydrogens is 396 g/mol. The normalized spacial score (nSPS) is 16.0. The Balaban J connectivity index is 1.31. The number of carbonyl (C=O) groups is 2. The van der Waals surface area contributed by atoms with Gasteiger partial charge < -0.3 is 19.9 Å². The smallest absolute Gasteiger partial charge is 0.274 e. The number of aromatic amines is 1. The Morgan fingerprint density at radius 2 is 2.10 bits per heavy atom. The zero-order valence-electron chi connectivity index (χ0n) is 16.8. The summed E-state index contributed by atoms with van der Waals surface area (Å²) in [6.45, 7) is 0.518. The first-order valence-electron chi connectivity index (χ1n) is 9.85. The number of nitrogens with one attached hydrogen (secondary N) is 2. The molecule has 0 aliphatic carbocycles. The van der Waals surface area contributed by atoms with E-state index in [4.69, 9.17) is 4.74 Å². The van der Waals surface area contributed by atoms with E-state index in [0.29, 0.717) is 18.0 Å². The number of aromatic nitrogens is 4. The van der Waals surface area contributed by atoms with Crippen LogP contribution in [0.4, 0.5) is 5.69 Å². The molecule has 1 aliphatic rings. The van der Waals surface area contributed by atoms with Crippen LogP contribution in [0.3, 0.4) is 0 Å². The number of amides is 2. The van der Waals surface area contributed by atoms with Crippen LogP contribution < -0.4 is 15.0 Å². The van der Waals surface area contributed by atoms with Crippen molar-refractivity contribution in [3.63, 3.8) is 0 Å². The van der Waals surface area contributed by atoms with Gasteiger partial charge in [-0.1, -0.05) is 35.5 Å². The van der Waals surface area contributed by atoms with Crippen molar-refractivity contribution in [1.82, 2.24) is 25.3 Å². The van der Waals surface area contributed by atoms with Gasteiger partial charge >= 0.3 is 0 Å². The highest BCUT2D eigenvalue weighted by molar-refractivity contribution is 6.04. The van der Waals surface area contributed by atoms with E-state index in [9.17, 15) is 9.59 Å². The maximum absolute atomic E-state index is 13.0. The Morgan fingerprint density at radius 1 is 1.26 bits per heavy atom. The maximum atomic E-state index is 13.0. The van der Waals surface area contributed by atoms with Gasteiger partial charge in [-0.05, 0) is 17.7 Å². The van der Waals surface area contributed by atoms with Gasteiger partial charge in [-0.15, -0.1) is 5.10 Å². The molecule has 0 saturated carbocycles. The van der Waals surface area contributed by atoms with E-state index in [1.54, 1.807) is 17.9 Å². The second kappa shape index (κ2) is 7.60. The van der Waals surface area contributed by atoms with Gasteiger partial charge in [-0.2, -0.15) is 0 Å². The Kier molecular flexibility index (Phi) is 4.62. The Bertz CT molecular complexity index is 1260. The van der Waals surface area contributed by atoms with E-state index >= 15 is 0 Å². The van der Waals surface area contributed by atoms with Crippen LogP contribution in [0.15, 0.2) is 60.9 Å². The van der Waals surface area contributed by atoms with E-state index in [-0.39, 0.29) is 18.2 Å². The lowest BCUT2D eigenvalue weighted by Crippen LogP contribution is -2.49. The molecule has 2 N–H and O–H groups in total. The van der Waals surface area contributed by atoms with Crippen molar-refractivity contribution in [3.8, 4) is 5.75 Å². The van der Waals surface area contributed by atoms with Gasteiger partial charge in [0.2, 0.25) is 0 Å². The number of rotatable bonds is 4. The van der Waals surface area contributed by atoms with Gasteiger partial charge in [0.1, 0.15) is 18.4 Å². The molecule has 0 spiro atoms. The van der Waals surface area contributed by atoms with Gasteiger partial charge in [0.05, 0.1) is 18.4 Å². The highest BCUT2D eigenvalue weighted by Crippen LogP contribution is 2.34. The zero-order valence-corrected chi connectivity index (χ0v) is 16.8. The number of nitrogens with zero attached hydrogens (tertiary/aromatic N) is 4. The lowest BCUT2D eigenvalue weighted by molar-refractivity contribution is -0.120. The molecule has 0 radical (unpaired) electrons. The van der Waals surface area contributed by atoms with E-state index in [0.717, 1.165) is 16.5 Å². The lowest BCUT2D eigenvalue weighted by Gasteiger charge is -2.20. The van der Waals surface area contributed by atoms with Crippen molar-refractivity contribution < 1.29 is 14.3 Å². The van der Waals surface area contributed by atoms with Crippen LogP contribution in [-0.2, 0) is 11.3 Å². The summed E-state index contributed by atoms with van der Waals surface area (Å²) in [4.78, 5) is 30.3. The van der Waals surface area contributed by atoms with Crippen LogP contribution in [0.1, 0.15) is 16.1 Å². The molecule has 0 bridgehead atoms. The van der Waals surface area contributed by atoms with Gasteiger partial charge in [-0.3, -0.25) is 9.59 Å². The molecule has 156 valence electrons. The second-order valence-electron chi connectivity index (χ2n) is 7.41. The van der Waals surface area contributed by atoms with E-state index in [1.165, 1.54) is 4.90 Å². The molecule has 3 heterocycles. The Hall–Kier alpha value is -4.14.